The largest absolute Gasteiger partial charge is 0.323 e. The van der Waals surface area contributed by atoms with Crippen LogP contribution >= 0.6 is 11.3 Å². The molecule has 0 spiro atoms. The molecule has 0 radical (unpaired) electrons. The summed E-state index contributed by atoms with van der Waals surface area (Å²) in [7, 11) is 0. The van der Waals surface area contributed by atoms with Gasteiger partial charge < -0.3 is 15.5 Å². The average Bonchev–Trinajstić information content (AvgIpc) is 3.06. The molecule has 142 valence electrons. The lowest BCUT2D eigenvalue weighted by Gasteiger charge is -2.29. The number of carbonyl (C=O) groups is 3. The van der Waals surface area contributed by atoms with E-state index >= 15 is 0 Å². The number of aryl methyl sites for hydroxylation is 1. The van der Waals surface area contributed by atoms with Crippen LogP contribution in [0, 0.1) is 6.92 Å². The fraction of sp³-hybridized carbons (Fsp3) is 0.200. The van der Waals surface area contributed by atoms with Gasteiger partial charge in [0.2, 0.25) is 17.7 Å². The van der Waals surface area contributed by atoms with Gasteiger partial charge in [-0.3, -0.25) is 14.4 Å². The summed E-state index contributed by atoms with van der Waals surface area (Å²) in [6.45, 7) is 1.96. The van der Waals surface area contributed by atoms with E-state index in [9.17, 15) is 14.4 Å². The second-order valence-corrected chi connectivity index (χ2v) is 7.61. The number of anilines is 3. The molecule has 8 heteroatoms. The van der Waals surface area contributed by atoms with Crippen LogP contribution in [0.1, 0.15) is 18.4 Å². The van der Waals surface area contributed by atoms with Crippen LogP contribution in [-0.2, 0) is 14.4 Å². The topological polar surface area (TPSA) is 91.4 Å². The summed E-state index contributed by atoms with van der Waals surface area (Å²) in [5.74, 6) is -0.794. The molecule has 0 unspecified atom stereocenters. The van der Waals surface area contributed by atoms with Gasteiger partial charge in [-0.1, -0.05) is 29.5 Å². The van der Waals surface area contributed by atoms with Crippen LogP contribution < -0.4 is 15.5 Å². The highest BCUT2D eigenvalue weighted by Gasteiger charge is 2.26. The number of benzene rings is 2. The minimum Gasteiger partial charge on any atom is -0.323 e. The number of hydrogen-bond acceptors (Lipinski definition) is 5. The van der Waals surface area contributed by atoms with Crippen molar-refractivity contribution in [2.45, 2.75) is 19.8 Å². The first kappa shape index (κ1) is 18.1. The molecule has 3 aromatic rings. The number of hydrogen-bond donors (Lipinski definition) is 2. The maximum absolute atomic E-state index is 12.6. The number of rotatable bonds is 4. The Morgan fingerprint density at radius 1 is 1.21 bits per heavy atom. The molecule has 0 atom stereocenters. The van der Waals surface area contributed by atoms with Crippen molar-refractivity contribution < 1.29 is 14.4 Å². The van der Waals surface area contributed by atoms with E-state index in [1.54, 1.807) is 24.3 Å². The van der Waals surface area contributed by atoms with E-state index < -0.39 is 0 Å². The molecule has 0 saturated carbocycles. The van der Waals surface area contributed by atoms with Gasteiger partial charge in [0.25, 0.3) is 0 Å². The fourth-order valence-corrected chi connectivity index (χ4v) is 4.06. The van der Waals surface area contributed by atoms with E-state index in [0.717, 1.165) is 15.8 Å². The van der Waals surface area contributed by atoms with Crippen molar-refractivity contribution in [3.8, 4) is 0 Å². The minimum atomic E-state index is -0.279. The summed E-state index contributed by atoms with van der Waals surface area (Å²) < 4.78 is 1.00. The Morgan fingerprint density at radius 3 is 2.89 bits per heavy atom. The highest BCUT2D eigenvalue weighted by molar-refractivity contribution is 7.22. The number of nitrogens with one attached hydrogen (secondary N) is 2. The van der Waals surface area contributed by atoms with Crippen LogP contribution in [0.2, 0.25) is 0 Å². The quantitative estimate of drug-likeness (QED) is 0.710. The summed E-state index contributed by atoms with van der Waals surface area (Å²) in [6, 6.07) is 13.0. The third kappa shape index (κ3) is 3.72. The van der Waals surface area contributed by atoms with E-state index in [1.165, 1.54) is 16.2 Å². The SMILES string of the molecule is Cc1ccc2nc(NC(=O)CCC(=O)N3CC(=O)Nc4ccccc43)sc2c1. The normalized spacial score (nSPS) is 13.2. The number of aromatic nitrogens is 1. The number of nitrogens with zero attached hydrogens (tertiary/aromatic N) is 2. The molecule has 3 amide bonds. The molecule has 2 heterocycles. The highest BCUT2D eigenvalue weighted by Crippen LogP contribution is 2.30. The van der Waals surface area contributed by atoms with Crippen LogP contribution in [0.25, 0.3) is 10.2 Å². The maximum Gasteiger partial charge on any atom is 0.244 e. The third-order valence-electron chi connectivity index (χ3n) is 4.43. The molecule has 1 aliphatic heterocycles. The lowest BCUT2D eigenvalue weighted by molar-refractivity contribution is -0.124. The second kappa shape index (κ2) is 7.40. The minimum absolute atomic E-state index is 0.0114. The first-order valence-electron chi connectivity index (χ1n) is 8.86. The molecular weight excluding hydrogens is 376 g/mol. The van der Waals surface area contributed by atoms with Gasteiger partial charge in [-0.05, 0) is 36.8 Å². The van der Waals surface area contributed by atoms with Crippen LogP contribution in [0.15, 0.2) is 42.5 Å². The fourth-order valence-electron chi connectivity index (χ4n) is 3.08. The van der Waals surface area contributed by atoms with Gasteiger partial charge in [-0.2, -0.15) is 0 Å². The van der Waals surface area contributed by atoms with E-state index in [1.807, 2.05) is 25.1 Å². The summed E-state index contributed by atoms with van der Waals surface area (Å²) >= 11 is 1.40. The van der Waals surface area contributed by atoms with Crippen molar-refractivity contribution in [1.29, 1.82) is 0 Å². The first-order valence-corrected chi connectivity index (χ1v) is 9.67. The molecule has 2 N–H and O–H groups in total. The number of carbonyl (C=O) groups excluding carboxylic acids is 3. The van der Waals surface area contributed by atoms with Gasteiger partial charge in [-0.25, -0.2) is 4.98 Å². The van der Waals surface area contributed by atoms with Crippen molar-refractivity contribution in [3.05, 3.63) is 48.0 Å². The Morgan fingerprint density at radius 2 is 2.04 bits per heavy atom. The van der Waals surface area contributed by atoms with E-state index in [-0.39, 0.29) is 37.1 Å². The Labute approximate surface area is 165 Å². The van der Waals surface area contributed by atoms with E-state index in [2.05, 4.69) is 15.6 Å². The van der Waals surface area contributed by atoms with Gasteiger partial charge in [-0.15, -0.1) is 0 Å². The molecule has 28 heavy (non-hydrogen) atoms. The van der Waals surface area contributed by atoms with Gasteiger partial charge in [0.05, 0.1) is 21.6 Å². The molecule has 7 nitrogen and oxygen atoms in total. The zero-order chi connectivity index (χ0) is 19.7. The zero-order valence-corrected chi connectivity index (χ0v) is 16.0. The zero-order valence-electron chi connectivity index (χ0n) is 15.2. The number of thiazole rings is 1. The molecule has 1 aromatic heterocycles. The third-order valence-corrected chi connectivity index (χ3v) is 5.36. The molecule has 0 bridgehead atoms. The average molecular weight is 394 g/mol. The second-order valence-electron chi connectivity index (χ2n) is 6.58. The highest BCUT2D eigenvalue weighted by atomic mass is 32.1. The predicted octanol–water partition coefficient (Wildman–Crippen LogP) is 3.31. The Kier molecular flexibility index (Phi) is 4.79. The summed E-state index contributed by atoms with van der Waals surface area (Å²) in [5.41, 5.74) is 3.21. The van der Waals surface area contributed by atoms with Crippen LogP contribution in [0.3, 0.4) is 0 Å². The van der Waals surface area contributed by atoms with Crippen molar-refractivity contribution in [3.63, 3.8) is 0 Å². The monoisotopic (exact) mass is 394 g/mol. The first-order chi connectivity index (χ1) is 13.5. The number of amides is 3. The van der Waals surface area contributed by atoms with Crippen molar-refractivity contribution in [2.75, 3.05) is 22.1 Å². The lowest BCUT2D eigenvalue weighted by Crippen LogP contribution is -2.42. The molecule has 2 aromatic carbocycles. The molecule has 4 rings (SSSR count). The number of fused-ring (bicyclic) bond motifs is 2. The molecular formula is C20H18N4O3S. The van der Waals surface area contributed by atoms with Gasteiger partial charge in [0, 0.05) is 12.8 Å². The molecule has 0 aliphatic carbocycles. The van der Waals surface area contributed by atoms with Crippen molar-refractivity contribution in [1.82, 2.24) is 4.98 Å². The Balaban J connectivity index is 1.39. The number of para-hydroxylation sites is 2. The van der Waals surface area contributed by atoms with Gasteiger partial charge >= 0.3 is 0 Å². The van der Waals surface area contributed by atoms with E-state index in [0.29, 0.717) is 16.5 Å². The smallest absolute Gasteiger partial charge is 0.244 e. The van der Waals surface area contributed by atoms with Crippen LogP contribution in [-0.4, -0.2) is 29.3 Å². The van der Waals surface area contributed by atoms with Gasteiger partial charge in [0.1, 0.15) is 6.54 Å². The summed E-state index contributed by atoms with van der Waals surface area (Å²) in [4.78, 5) is 42.5. The van der Waals surface area contributed by atoms with Crippen molar-refractivity contribution in [2.24, 2.45) is 0 Å². The maximum atomic E-state index is 12.6. The standard InChI is InChI=1S/C20H18N4O3S/c1-12-6-7-14-16(10-12)28-20(22-14)23-17(25)8-9-19(27)24-11-18(26)21-13-4-2-3-5-15(13)24/h2-7,10H,8-9,11H2,1H3,(H,21,26)(H,22,23,25). The molecule has 0 fully saturated rings. The van der Waals surface area contributed by atoms with Gasteiger partial charge in [0.15, 0.2) is 5.13 Å². The Bertz CT molecular complexity index is 1090. The van der Waals surface area contributed by atoms with Crippen molar-refractivity contribution >= 4 is 55.8 Å². The predicted molar refractivity (Wildman–Crippen MR) is 110 cm³/mol. The van der Waals surface area contributed by atoms with Crippen LogP contribution in [0.5, 0.6) is 0 Å². The summed E-state index contributed by atoms with van der Waals surface area (Å²) in [6.07, 6.45) is 0.0333. The molecule has 1 aliphatic rings. The Hall–Kier alpha value is -3.26. The van der Waals surface area contributed by atoms with E-state index in [4.69, 9.17) is 0 Å². The lowest BCUT2D eigenvalue weighted by atomic mass is 10.1. The molecule has 0 saturated heterocycles. The van der Waals surface area contributed by atoms with Crippen LogP contribution in [0.4, 0.5) is 16.5 Å². The summed E-state index contributed by atoms with van der Waals surface area (Å²) in [5, 5.41) is 6.01.